The molecule has 0 saturated carbocycles. The lowest BCUT2D eigenvalue weighted by Gasteiger charge is -2.01. The van der Waals surface area contributed by atoms with E-state index in [1.807, 2.05) is 65.5 Å². The van der Waals surface area contributed by atoms with Crippen LogP contribution < -0.4 is 5.43 Å². The molecule has 30 heavy (non-hydrogen) atoms. The number of nitrogens with zero attached hydrogens (tertiary/aromatic N) is 5. The summed E-state index contributed by atoms with van der Waals surface area (Å²) in [6, 6.07) is 22.0. The highest BCUT2D eigenvalue weighted by Crippen LogP contribution is 2.20. The zero-order valence-corrected chi connectivity index (χ0v) is 16.1. The minimum atomic E-state index is 0.590. The van der Waals surface area contributed by atoms with Gasteiger partial charge in [-0.1, -0.05) is 42.5 Å². The highest BCUT2D eigenvalue weighted by Gasteiger charge is 2.10. The highest BCUT2D eigenvalue weighted by molar-refractivity contribution is 5.88. The van der Waals surface area contributed by atoms with E-state index in [1.165, 1.54) is 5.56 Å². The van der Waals surface area contributed by atoms with E-state index >= 15 is 0 Å². The second-order valence-corrected chi connectivity index (χ2v) is 6.83. The predicted molar refractivity (Wildman–Crippen MR) is 118 cm³/mol. The molecule has 146 valence electrons. The summed E-state index contributed by atoms with van der Waals surface area (Å²) in [5.41, 5.74) is 8.66. The summed E-state index contributed by atoms with van der Waals surface area (Å²) in [5, 5.41) is 9.14. The van der Waals surface area contributed by atoms with Crippen LogP contribution in [0, 0.1) is 0 Å². The van der Waals surface area contributed by atoms with Crippen LogP contribution in [0.4, 0.5) is 5.95 Å². The average Bonchev–Trinajstić information content (AvgIpc) is 3.39. The quantitative estimate of drug-likeness (QED) is 0.332. The van der Waals surface area contributed by atoms with Crippen LogP contribution in [-0.2, 0) is 6.54 Å². The number of H-pyrrole nitrogens is 1. The molecule has 2 N–H and O–H groups in total. The van der Waals surface area contributed by atoms with E-state index in [1.54, 1.807) is 18.6 Å². The monoisotopic (exact) mass is 393 g/mol. The first kappa shape index (κ1) is 17.8. The van der Waals surface area contributed by atoms with E-state index in [4.69, 9.17) is 5.10 Å². The van der Waals surface area contributed by atoms with Crippen molar-refractivity contribution in [1.82, 2.24) is 24.7 Å². The Labute approximate surface area is 173 Å². The van der Waals surface area contributed by atoms with Crippen molar-refractivity contribution in [3.8, 4) is 11.3 Å². The first-order valence-corrected chi connectivity index (χ1v) is 9.61. The molecule has 0 aliphatic carbocycles. The molecule has 0 aliphatic heterocycles. The fraction of sp³-hybridized carbons (Fsp3) is 0.0435. The molecular formula is C23H19N7. The molecule has 5 aromatic rings. The molecular weight excluding hydrogens is 374 g/mol. The molecule has 0 unspecified atom stereocenters. The number of aromatic nitrogens is 5. The number of nitrogens with one attached hydrogen (secondary N) is 2. The number of hydrogen-bond donors (Lipinski definition) is 2. The third kappa shape index (κ3) is 3.81. The van der Waals surface area contributed by atoms with Crippen molar-refractivity contribution in [2.75, 3.05) is 5.43 Å². The van der Waals surface area contributed by atoms with Crippen LogP contribution in [0.2, 0.25) is 0 Å². The van der Waals surface area contributed by atoms with E-state index in [9.17, 15) is 0 Å². The van der Waals surface area contributed by atoms with E-state index in [-0.39, 0.29) is 0 Å². The van der Waals surface area contributed by atoms with Crippen LogP contribution in [0.25, 0.3) is 22.3 Å². The first-order chi connectivity index (χ1) is 14.8. The topological polar surface area (TPSA) is 83.8 Å². The fourth-order valence-corrected chi connectivity index (χ4v) is 3.28. The lowest BCUT2D eigenvalue weighted by Crippen LogP contribution is -2.00. The third-order valence-corrected chi connectivity index (χ3v) is 4.68. The number of para-hydroxylation sites is 2. The molecule has 0 spiro atoms. The van der Waals surface area contributed by atoms with E-state index in [0.29, 0.717) is 12.5 Å². The number of aromatic amines is 1. The van der Waals surface area contributed by atoms with E-state index < -0.39 is 0 Å². The second-order valence-electron chi connectivity index (χ2n) is 6.83. The summed E-state index contributed by atoms with van der Waals surface area (Å²) >= 11 is 0. The number of rotatable bonds is 6. The van der Waals surface area contributed by atoms with Gasteiger partial charge in [-0.3, -0.25) is 9.67 Å². The van der Waals surface area contributed by atoms with Crippen LogP contribution in [0.1, 0.15) is 11.1 Å². The summed E-state index contributed by atoms with van der Waals surface area (Å²) in [7, 11) is 0. The Bertz CT molecular complexity index is 1250. The maximum Gasteiger partial charge on any atom is 0.222 e. The minimum absolute atomic E-state index is 0.590. The molecule has 3 aromatic heterocycles. The Morgan fingerprint density at radius 2 is 1.87 bits per heavy atom. The van der Waals surface area contributed by atoms with Gasteiger partial charge in [0.2, 0.25) is 5.95 Å². The van der Waals surface area contributed by atoms with E-state index in [0.717, 1.165) is 27.9 Å². The summed E-state index contributed by atoms with van der Waals surface area (Å²) in [6.45, 7) is 0.680. The van der Waals surface area contributed by atoms with Crippen molar-refractivity contribution < 1.29 is 0 Å². The number of hydrazone groups is 1. The lowest BCUT2D eigenvalue weighted by atomic mass is 10.1. The number of hydrogen-bond acceptors (Lipinski definition) is 5. The van der Waals surface area contributed by atoms with Crippen molar-refractivity contribution in [3.63, 3.8) is 0 Å². The van der Waals surface area contributed by atoms with Crippen LogP contribution in [-0.4, -0.2) is 30.9 Å². The standard InChI is InChI=1S/C23H19N7/c1-2-7-17(8-3-1)15-30-16-19(22(29-30)18-9-6-12-24-13-18)14-25-28-23-26-20-10-4-5-11-21(20)27-23/h1-14,16H,15H2,(H2,26,27,28)/b25-14+. The van der Waals surface area contributed by atoms with Crippen LogP contribution in [0.5, 0.6) is 0 Å². The minimum Gasteiger partial charge on any atom is -0.323 e. The lowest BCUT2D eigenvalue weighted by molar-refractivity contribution is 0.689. The van der Waals surface area contributed by atoms with Crippen LogP contribution in [0.3, 0.4) is 0 Å². The molecule has 0 aliphatic rings. The molecule has 7 nitrogen and oxygen atoms in total. The SMILES string of the molecule is C(=N\Nc1nc2ccccc2[nH]1)/c1cn(Cc2ccccc2)nc1-c1cccnc1. The number of imidazole rings is 1. The van der Waals surface area contributed by atoms with Gasteiger partial charge in [-0.2, -0.15) is 10.2 Å². The van der Waals surface area contributed by atoms with Gasteiger partial charge in [0.1, 0.15) is 5.69 Å². The van der Waals surface area contributed by atoms with E-state index in [2.05, 4.69) is 37.6 Å². The zero-order valence-electron chi connectivity index (χ0n) is 16.1. The van der Waals surface area contributed by atoms with Gasteiger partial charge in [-0.05, 0) is 29.8 Å². The summed E-state index contributed by atoms with van der Waals surface area (Å²) < 4.78 is 1.92. The maximum absolute atomic E-state index is 4.77. The second kappa shape index (κ2) is 8.00. The van der Waals surface area contributed by atoms with Gasteiger partial charge >= 0.3 is 0 Å². The van der Waals surface area contributed by atoms with Gasteiger partial charge in [-0.25, -0.2) is 10.4 Å². The number of fused-ring (bicyclic) bond motifs is 1. The molecule has 0 radical (unpaired) electrons. The first-order valence-electron chi connectivity index (χ1n) is 9.61. The van der Waals surface area contributed by atoms with Gasteiger partial charge in [-0.15, -0.1) is 0 Å². The Morgan fingerprint density at radius 3 is 2.70 bits per heavy atom. The van der Waals surface area contributed by atoms with Gasteiger partial charge in [0.15, 0.2) is 0 Å². The van der Waals surface area contributed by atoms with Gasteiger partial charge < -0.3 is 4.98 Å². The molecule has 7 heteroatoms. The predicted octanol–water partition coefficient (Wildman–Crippen LogP) is 4.32. The maximum atomic E-state index is 4.77. The molecule has 2 aromatic carbocycles. The zero-order chi connectivity index (χ0) is 20.2. The van der Waals surface area contributed by atoms with Crippen LogP contribution in [0.15, 0.2) is 90.4 Å². The molecule has 5 rings (SSSR count). The van der Waals surface area contributed by atoms with Crippen LogP contribution >= 0.6 is 0 Å². The van der Waals surface area contributed by atoms with Gasteiger partial charge in [0.05, 0.1) is 23.8 Å². The highest BCUT2D eigenvalue weighted by atomic mass is 15.4. The van der Waals surface area contributed by atoms with Gasteiger partial charge in [0.25, 0.3) is 0 Å². The van der Waals surface area contributed by atoms with Crippen molar-refractivity contribution in [3.05, 3.63) is 96.4 Å². The van der Waals surface area contributed by atoms with Crippen molar-refractivity contribution in [2.45, 2.75) is 6.54 Å². The van der Waals surface area contributed by atoms with Gasteiger partial charge in [0, 0.05) is 29.7 Å². The normalized spacial score (nSPS) is 11.3. The largest absolute Gasteiger partial charge is 0.323 e. The van der Waals surface area contributed by atoms with Crippen molar-refractivity contribution in [1.29, 1.82) is 0 Å². The number of anilines is 1. The van der Waals surface area contributed by atoms with Crippen molar-refractivity contribution in [2.24, 2.45) is 5.10 Å². The number of benzene rings is 2. The third-order valence-electron chi connectivity index (χ3n) is 4.68. The average molecular weight is 393 g/mol. The molecule has 0 amide bonds. The smallest absolute Gasteiger partial charge is 0.222 e. The molecule has 3 heterocycles. The summed E-state index contributed by atoms with van der Waals surface area (Å²) in [5.74, 6) is 0.590. The summed E-state index contributed by atoms with van der Waals surface area (Å²) in [6.07, 6.45) is 7.30. The molecule has 0 fully saturated rings. The Balaban J connectivity index is 1.42. The molecule has 0 saturated heterocycles. The molecule has 0 bridgehead atoms. The van der Waals surface area contributed by atoms with Crippen molar-refractivity contribution >= 4 is 23.2 Å². The molecule has 0 atom stereocenters. The number of pyridine rings is 1. The fourth-order valence-electron chi connectivity index (χ4n) is 3.28. The Morgan fingerprint density at radius 1 is 1.00 bits per heavy atom. The Kier molecular flexibility index (Phi) is 4.75. The Hall–Kier alpha value is -4.26. The summed E-state index contributed by atoms with van der Waals surface area (Å²) in [4.78, 5) is 11.9.